The van der Waals surface area contributed by atoms with Crippen LogP contribution < -0.4 is 11.1 Å². The highest BCUT2D eigenvalue weighted by atomic mass is 16.5. The minimum absolute atomic E-state index is 0.247. The van der Waals surface area contributed by atoms with Crippen molar-refractivity contribution in [2.24, 2.45) is 0 Å². The number of nitrogens with zero attached hydrogens (tertiary/aromatic N) is 1. The third kappa shape index (κ3) is 3.29. The Morgan fingerprint density at radius 1 is 1.29 bits per heavy atom. The Morgan fingerprint density at radius 2 is 2.05 bits per heavy atom. The molecule has 2 rings (SSSR count). The van der Waals surface area contributed by atoms with Gasteiger partial charge < -0.3 is 20.5 Å². The SMILES string of the molecule is COCc1ccccc1Nc1nccc(C(=O)OC)c1N. The van der Waals surface area contributed by atoms with Crippen LogP contribution in [0.15, 0.2) is 36.5 Å². The molecule has 21 heavy (non-hydrogen) atoms. The van der Waals surface area contributed by atoms with Crippen molar-refractivity contribution in [2.75, 3.05) is 25.3 Å². The van der Waals surface area contributed by atoms with Crippen molar-refractivity contribution in [3.63, 3.8) is 0 Å². The van der Waals surface area contributed by atoms with Crippen LogP contribution in [0.25, 0.3) is 0 Å². The van der Waals surface area contributed by atoms with Gasteiger partial charge in [-0.05, 0) is 12.1 Å². The largest absolute Gasteiger partial charge is 0.465 e. The van der Waals surface area contributed by atoms with E-state index in [1.54, 1.807) is 7.11 Å². The molecule has 1 aromatic carbocycles. The fourth-order valence-corrected chi connectivity index (χ4v) is 1.91. The van der Waals surface area contributed by atoms with Crippen LogP contribution in [-0.4, -0.2) is 25.2 Å². The number of aromatic nitrogens is 1. The van der Waals surface area contributed by atoms with Crippen molar-refractivity contribution in [1.29, 1.82) is 0 Å². The molecule has 0 unspecified atom stereocenters. The van der Waals surface area contributed by atoms with Gasteiger partial charge in [0.05, 0.1) is 25.0 Å². The van der Waals surface area contributed by atoms with Crippen LogP contribution in [0.4, 0.5) is 17.2 Å². The number of nitrogens with two attached hydrogens (primary N) is 1. The van der Waals surface area contributed by atoms with Crippen LogP contribution in [0.5, 0.6) is 0 Å². The van der Waals surface area contributed by atoms with Gasteiger partial charge in [-0.1, -0.05) is 18.2 Å². The number of nitrogens with one attached hydrogen (secondary N) is 1. The van der Waals surface area contributed by atoms with Crippen molar-refractivity contribution in [1.82, 2.24) is 4.98 Å². The number of hydrogen-bond acceptors (Lipinski definition) is 6. The molecular formula is C15H17N3O3. The highest BCUT2D eigenvalue weighted by Crippen LogP contribution is 2.26. The molecule has 0 spiro atoms. The second-order valence-corrected chi connectivity index (χ2v) is 4.33. The molecule has 110 valence electrons. The summed E-state index contributed by atoms with van der Waals surface area (Å²) in [7, 11) is 2.93. The number of para-hydroxylation sites is 1. The van der Waals surface area contributed by atoms with Crippen LogP contribution in [0, 0.1) is 0 Å². The number of rotatable bonds is 5. The van der Waals surface area contributed by atoms with Gasteiger partial charge in [-0.25, -0.2) is 9.78 Å². The van der Waals surface area contributed by atoms with Crippen LogP contribution in [0.3, 0.4) is 0 Å². The molecule has 2 aromatic rings. The number of carbonyl (C=O) groups is 1. The molecule has 0 saturated carbocycles. The van der Waals surface area contributed by atoms with Gasteiger partial charge >= 0.3 is 5.97 Å². The summed E-state index contributed by atoms with van der Waals surface area (Å²) in [4.78, 5) is 15.8. The Labute approximate surface area is 122 Å². The smallest absolute Gasteiger partial charge is 0.340 e. The monoisotopic (exact) mass is 287 g/mol. The first kappa shape index (κ1) is 14.8. The second-order valence-electron chi connectivity index (χ2n) is 4.33. The summed E-state index contributed by atoms with van der Waals surface area (Å²) in [5.41, 5.74) is 8.28. The molecule has 0 fully saturated rings. The molecule has 6 nitrogen and oxygen atoms in total. The number of pyridine rings is 1. The van der Waals surface area contributed by atoms with Gasteiger partial charge in [0.25, 0.3) is 0 Å². The van der Waals surface area contributed by atoms with Gasteiger partial charge in [0, 0.05) is 24.6 Å². The molecule has 6 heteroatoms. The molecule has 1 aromatic heterocycles. The summed E-state index contributed by atoms with van der Waals surface area (Å²) in [5, 5.41) is 3.12. The minimum atomic E-state index is -0.497. The fourth-order valence-electron chi connectivity index (χ4n) is 1.91. The molecule has 0 bridgehead atoms. The third-order valence-corrected chi connectivity index (χ3v) is 2.97. The maximum absolute atomic E-state index is 11.6. The zero-order chi connectivity index (χ0) is 15.2. The first-order chi connectivity index (χ1) is 10.2. The highest BCUT2D eigenvalue weighted by molar-refractivity contribution is 5.97. The lowest BCUT2D eigenvalue weighted by Crippen LogP contribution is -2.09. The predicted octanol–water partition coefficient (Wildman–Crippen LogP) is 2.34. The standard InChI is InChI=1S/C15H17N3O3/c1-20-9-10-5-3-4-6-12(10)18-14-13(16)11(7-8-17-14)15(19)21-2/h3-8H,9,16H2,1-2H3,(H,17,18). The number of hydrogen-bond donors (Lipinski definition) is 2. The number of nitrogen functional groups attached to an aromatic ring is 1. The molecule has 0 radical (unpaired) electrons. The van der Waals surface area contributed by atoms with Crippen LogP contribution >= 0.6 is 0 Å². The zero-order valence-electron chi connectivity index (χ0n) is 11.9. The highest BCUT2D eigenvalue weighted by Gasteiger charge is 2.14. The summed E-state index contributed by atoms with van der Waals surface area (Å²) in [5.74, 6) is -0.0930. The van der Waals surface area contributed by atoms with Gasteiger partial charge in [-0.15, -0.1) is 0 Å². The molecule has 1 heterocycles. The average Bonchev–Trinajstić information content (AvgIpc) is 2.51. The summed E-state index contributed by atoms with van der Waals surface area (Å²) >= 11 is 0. The Balaban J connectivity index is 2.34. The van der Waals surface area contributed by atoms with E-state index >= 15 is 0 Å². The molecule has 0 saturated heterocycles. The van der Waals surface area contributed by atoms with Crippen LogP contribution in [-0.2, 0) is 16.1 Å². The lowest BCUT2D eigenvalue weighted by atomic mass is 10.1. The van der Waals surface area contributed by atoms with E-state index in [0.717, 1.165) is 11.3 Å². The molecule has 3 N–H and O–H groups in total. The quantitative estimate of drug-likeness (QED) is 0.821. The molecule has 0 aliphatic rings. The van der Waals surface area contributed by atoms with E-state index in [1.165, 1.54) is 19.4 Å². The van der Waals surface area contributed by atoms with Crippen molar-refractivity contribution in [3.05, 3.63) is 47.7 Å². The summed E-state index contributed by atoms with van der Waals surface area (Å²) in [6.07, 6.45) is 1.50. The van der Waals surface area contributed by atoms with E-state index in [0.29, 0.717) is 12.4 Å². The summed E-state index contributed by atoms with van der Waals surface area (Å²) in [6, 6.07) is 9.16. The molecule has 0 atom stereocenters. The second kappa shape index (κ2) is 6.71. The first-order valence-corrected chi connectivity index (χ1v) is 6.34. The molecular weight excluding hydrogens is 270 g/mol. The van der Waals surface area contributed by atoms with Crippen molar-refractivity contribution < 1.29 is 14.3 Å². The number of esters is 1. The van der Waals surface area contributed by atoms with Gasteiger partial charge in [-0.3, -0.25) is 0 Å². The summed E-state index contributed by atoms with van der Waals surface area (Å²) in [6.45, 7) is 0.458. The van der Waals surface area contributed by atoms with Crippen LogP contribution in [0.2, 0.25) is 0 Å². The maximum Gasteiger partial charge on any atom is 0.340 e. The molecule has 0 amide bonds. The Bertz CT molecular complexity index is 644. The minimum Gasteiger partial charge on any atom is -0.465 e. The van der Waals surface area contributed by atoms with E-state index in [4.69, 9.17) is 15.2 Å². The number of benzene rings is 1. The topological polar surface area (TPSA) is 86.5 Å². The van der Waals surface area contributed by atoms with Gasteiger partial charge in [0.1, 0.15) is 0 Å². The normalized spacial score (nSPS) is 10.2. The lowest BCUT2D eigenvalue weighted by molar-refractivity contribution is 0.0602. The van der Waals surface area contributed by atoms with Gasteiger partial charge in [0.2, 0.25) is 0 Å². The van der Waals surface area contributed by atoms with Crippen molar-refractivity contribution in [3.8, 4) is 0 Å². The van der Waals surface area contributed by atoms with E-state index < -0.39 is 5.97 Å². The number of anilines is 3. The van der Waals surface area contributed by atoms with E-state index in [1.807, 2.05) is 24.3 Å². The lowest BCUT2D eigenvalue weighted by Gasteiger charge is -2.13. The third-order valence-electron chi connectivity index (χ3n) is 2.97. The number of methoxy groups -OCH3 is 2. The Kier molecular flexibility index (Phi) is 4.73. The van der Waals surface area contributed by atoms with Gasteiger partial charge in [-0.2, -0.15) is 0 Å². The fraction of sp³-hybridized carbons (Fsp3) is 0.200. The first-order valence-electron chi connectivity index (χ1n) is 6.34. The van der Waals surface area contributed by atoms with Crippen LogP contribution in [0.1, 0.15) is 15.9 Å². The van der Waals surface area contributed by atoms with E-state index in [2.05, 4.69) is 10.3 Å². The van der Waals surface area contributed by atoms with E-state index in [9.17, 15) is 4.79 Å². The average molecular weight is 287 g/mol. The Hall–Kier alpha value is -2.60. The van der Waals surface area contributed by atoms with Gasteiger partial charge in [0.15, 0.2) is 5.82 Å². The number of carbonyl (C=O) groups excluding carboxylic acids is 1. The summed E-state index contributed by atoms with van der Waals surface area (Å²) < 4.78 is 9.84. The molecule has 0 aliphatic heterocycles. The van der Waals surface area contributed by atoms with Crippen molar-refractivity contribution >= 4 is 23.2 Å². The Morgan fingerprint density at radius 3 is 2.76 bits per heavy atom. The number of ether oxygens (including phenoxy) is 2. The zero-order valence-corrected chi connectivity index (χ0v) is 11.9. The molecule has 0 aliphatic carbocycles. The maximum atomic E-state index is 11.6. The predicted molar refractivity (Wildman–Crippen MR) is 80.4 cm³/mol. The van der Waals surface area contributed by atoms with Crippen molar-refractivity contribution in [2.45, 2.75) is 6.61 Å². The van der Waals surface area contributed by atoms with E-state index in [-0.39, 0.29) is 11.3 Å².